The van der Waals surface area contributed by atoms with E-state index in [1.165, 1.54) is 0 Å². The molecule has 2 aromatic rings. The molecule has 112 valence electrons. The second-order valence-electron chi connectivity index (χ2n) is 4.44. The Morgan fingerprint density at radius 3 is 2.68 bits per heavy atom. The summed E-state index contributed by atoms with van der Waals surface area (Å²) in [6.07, 6.45) is 0. The van der Waals surface area contributed by atoms with Gasteiger partial charge in [0, 0.05) is 6.07 Å². The first-order valence-electron chi connectivity index (χ1n) is 6.12. The summed E-state index contributed by atoms with van der Waals surface area (Å²) in [7, 11) is 0. The first kappa shape index (κ1) is 13.8. The average Bonchev–Trinajstić information content (AvgIpc) is 2.48. The molecule has 2 N–H and O–H groups in total. The molecule has 0 radical (unpaired) electrons. The molecule has 0 atom stereocenters. The maximum absolute atomic E-state index is 13.4. The highest BCUT2D eigenvalue weighted by molar-refractivity contribution is 6.08. The molecule has 1 aliphatic heterocycles. The number of benzene rings is 2. The van der Waals surface area contributed by atoms with Gasteiger partial charge in [-0.3, -0.25) is 15.3 Å². The molecule has 2 aromatic carbocycles. The Morgan fingerprint density at radius 1 is 1.23 bits per heavy atom. The summed E-state index contributed by atoms with van der Waals surface area (Å²) in [5.74, 6) is -1.03. The van der Waals surface area contributed by atoms with Crippen LogP contribution in [0.4, 0.5) is 31.9 Å². The first-order valence-corrected chi connectivity index (χ1v) is 6.12. The van der Waals surface area contributed by atoms with Gasteiger partial charge in [0.05, 0.1) is 16.3 Å². The zero-order valence-electron chi connectivity index (χ0n) is 10.9. The molecular formula is C13H9FN4O4. The fourth-order valence-electron chi connectivity index (χ4n) is 2.12. The van der Waals surface area contributed by atoms with E-state index in [2.05, 4.69) is 5.32 Å². The molecule has 0 fully saturated rings. The number of rotatable bonds is 2. The van der Waals surface area contributed by atoms with Crippen LogP contribution in [0.15, 0.2) is 42.5 Å². The number of nitrogens with one attached hydrogen (secondary N) is 1. The van der Waals surface area contributed by atoms with Crippen molar-refractivity contribution in [1.29, 1.82) is 0 Å². The van der Waals surface area contributed by atoms with Gasteiger partial charge in [-0.05, 0) is 24.3 Å². The van der Waals surface area contributed by atoms with E-state index >= 15 is 0 Å². The van der Waals surface area contributed by atoms with Crippen LogP contribution in [0, 0.1) is 15.9 Å². The van der Waals surface area contributed by atoms with E-state index in [1.54, 1.807) is 24.3 Å². The van der Waals surface area contributed by atoms with Gasteiger partial charge in [0.25, 0.3) is 0 Å². The van der Waals surface area contributed by atoms with E-state index in [9.17, 15) is 24.5 Å². The van der Waals surface area contributed by atoms with Crippen LogP contribution in [-0.4, -0.2) is 16.2 Å². The number of nitro groups is 1. The molecular weight excluding hydrogens is 295 g/mol. The second-order valence-corrected chi connectivity index (χ2v) is 4.44. The maximum atomic E-state index is 13.4. The van der Waals surface area contributed by atoms with Gasteiger partial charge in [-0.15, -0.1) is 0 Å². The van der Waals surface area contributed by atoms with E-state index in [0.29, 0.717) is 10.9 Å². The minimum atomic E-state index is -1.03. The van der Waals surface area contributed by atoms with Crippen LogP contribution in [0.2, 0.25) is 0 Å². The number of para-hydroxylation sites is 2. The molecule has 8 nitrogen and oxygen atoms in total. The number of amides is 2. The highest BCUT2D eigenvalue weighted by Gasteiger charge is 2.31. The molecule has 0 saturated carbocycles. The number of hydrogen-bond donors (Lipinski definition) is 2. The van der Waals surface area contributed by atoms with Crippen molar-refractivity contribution in [1.82, 2.24) is 0 Å². The molecule has 0 saturated heterocycles. The Balaban J connectivity index is 2.07. The highest BCUT2D eigenvalue weighted by Crippen LogP contribution is 2.34. The highest BCUT2D eigenvalue weighted by atomic mass is 19.1. The van der Waals surface area contributed by atoms with Crippen molar-refractivity contribution in [3.8, 4) is 0 Å². The fourth-order valence-corrected chi connectivity index (χ4v) is 2.12. The number of nitrogens with zero attached hydrogens (tertiary/aromatic N) is 3. The molecule has 0 unspecified atom stereocenters. The average molecular weight is 304 g/mol. The lowest BCUT2D eigenvalue weighted by atomic mass is 10.2. The van der Waals surface area contributed by atoms with E-state index in [-0.39, 0.29) is 11.4 Å². The number of anilines is 3. The Morgan fingerprint density at radius 2 is 1.95 bits per heavy atom. The van der Waals surface area contributed by atoms with Gasteiger partial charge in [0.15, 0.2) is 0 Å². The van der Waals surface area contributed by atoms with Crippen LogP contribution in [0.25, 0.3) is 0 Å². The summed E-state index contributed by atoms with van der Waals surface area (Å²) in [6, 6.07) is 8.58. The van der Waals surface area contributed by atoms with Gasteiger partial charge in [0.1, 0.15) is 5.69 Å². The van der Waals surface area contributed by atoms with Crippen molar-refractivity contribution in [3.63, 3.8) is 0 Å². The zero-order valence-corrected chi connectivity index (χ0v) is 10.9. The maximum Gasteiger partial charge on any atom is 0.347 e. The van der Waals surface area contributed by atoms with Crippen LogP contribution in [0.3, 0.4) is 0 Å². The summed E-state index contributed by atoms with van der Waals surface area (Å²) in [5.41, 5.74) is -0.197. The van der Waals surface area contributed by atoms with Crippen molar-refractivity contribution < 1.29 is 19.3 Å². The van der Waals surface area contributed by atoms with Crippen molar-refractivity contribution in [2.75, 3.05) is 15.5 Å². The molecule has 1 aliphatic rings. The predicted molar refractivity (Wildman–Crippen MR) is 75.3 cm³/mol. The standard InChI is InChI=1S/C13H9FN4O4/c14-9-6-5-8(7-12(9)18(21)22)16-13(19)15-10-3-1-2-4-11(10)17(16)20/h1-7,20H,(H,15,19). The van der Waals surface area contributed by atoms with E-state index in [1.807, 2.05) is 0 Å². The predicted octanol–water partition coefficient (Wildman–Crippen LogP) is 2.90. The van der Waals surface area contributed by atoms with Crippen LogP contribution >= 0.6 is 0 Å². The number of halogens is 1. The summed E-state index contributed by atoms with van der Waals surface area (Å²) in [6.45, 7) is 0. The largest absolute Gasteiger partial charge is 0.347 e. The Kier molecular flexibility index (Phi) is 3.11. The zero-order chi connectivity index (χ0) is 15.9. The molecule has 0 spiro atoms. The number of nitro benzene ring substituents is 1. The third-order valence-corrected chi connectivity index (χ3v) is 3.11. The van der Waals surface area contributed by atoms with Crippen molar-refractivity contribution in [2.45, 2.75) is 0 Å². The number of carbonyl (C=O) groups is 1. The Hall–Kier alpha value is -3.20. The van der Waals surface area contributed by atoms with Gasteiger partial charge in [0.2, 0.25) is 5.82 Å². The van der Waals surface area contributed by atoms with Gasteiger partial charge in [-0.1, -0.05) is 12.1 Å². The van der Waals surface area contributed by atoms with Gasteiger partial charge in [-0.2, -0.15) is 14.6 Å². The number of hydrazine groups is 1. The van der Waals surface area contributed by atoms with Crippen molar-refractivity contribution in [2.24, 2.45) is 0 Å². The van der Waals surface area contributed by atoms with Crippen LogP contribution in [-0.2, 0) is 0 Å². The molecule has 3 rings (SSSR count). The van der Waals surface area contributed by atoms with Crippen LogP contribution in [0.5, 0.6) is 0 Å². The Labute approximate surface area is 123 Å². The lowest BCUT2D eigenvalue weighted by Crippen LogP contribution is -2.51. The molecule has 9 heteroatoms. The molecule has 1 heterocycles. The smallest absolute Gasteiger partial charge is 0.304 e. The molecule has 0 bridgehead atoms. The second kappa shape index (κ2) is 4.97. The van der Waals surface area contributed by atoms with E-state index in [4.69, 9.17) is 0 Å². The number of fused-ring (bicyclic) bond motifs is 1. The molecule has 0 aromatic heterocycles. The minimum absolute atomic E-state index is 0.0531. The normalized spacial score (nSPS) is 13.6. The van der Waals surface area contributed by atoms with E-state index < -0.39 is 22.5 Å². The van der Waals surface area contributed by atoms with Crippen LogP contribution < -0.4 is 15.5 Å². The third kappa shape index (κ3) is 2.09. The van der Waals surface area contributed by atoms with Gasteiger partial charge < -0.3 is 5.32 Å². The van der Waals surface area contributed by atoms with Crippen molar-refractivity contribution >= 4 is 28.8 Å². The summed E-state index contributed by atoms with van der Waals surface area (Å²) in [5, 5.41) is 24.8. The number of urea groups is 1. The summed E-state index contributed by atoms with van der Waals surface area (Å²) >= 11 is 0. The topological polar surface area (TPSA) is 99.0 Å². The number of carbonyl (C=O) groups excluding carboxylic acids is 1. The fraction of sp³-hybridized carbons (Fsp3) is 0. The van der Waals surface area contributed by atoms with Gasteiger partial charge >= 0.3 is 11.7 Å². The van der Waals surface area contributed by atoms with Gasteiger partial charge in [-0.25, -0.2) is 4.79 Å². The lowest BCUT2D eigenvalue weighted by Gasteiger charge is -2.35. The summed E-state index contributed by atoms with van der Waals surface area (Å²) < 4.78 is 13.4. The third-order valence-electron chi connectivity index (χ3n) is 3.11. The SMILES string of the molecule is O=C1Nc2ccccc2N(O)N1c1ccc(F)c([N+](=O)[O-])c1. The molecule has 0 aliphatic carbocycles. The quantitative estimate of drug-likeness (QED) is 0.656. The monoisotopic (exact) mass is 304 g/mol. The molecule has 2 amide bonds. The Bertz CT molecular complexity index is 782. The van der Waals surface area contributed by atoms with Crippen LogP contribution in [0.1, 0.15) is 0 Å². The lowest BCUT2D eigenvalue weighted by molar-refractivity contribution is -0.387. The first-order chi connectivity index (χ1) is 10.5. The summed E-state index contributed by atoms with van der Waals surface area (Å²) in [4.78, 5) is 22.0. The van der Waals surface area contributed by atoms with Crippen molar-refractivity contribution in [3.05, 3.63) is 58.4 Å². The minimum Gasteiger partial charge on any atom is -0.304 e. The van der Waals surface area contributed by atoms with E-state index in [0.717, 1.165) is 23.2 Å². The number of hydrogen-bond acceptors (Lipinski definition) is 5. The molecule has 22 heavy (non-hydrogen) atoms.